The van der Waals surface area contributed by atoms with E-state index in [0.29, 0.717) is 11.1 Å². The van der Waals surface area contributed by atoms with Crippen molar-refractivity contribution in [3.8, 4) is 11.5 Å². The number of amides is 1. The summed E-state index contributed by atoms with van der Waals surface area (Å²) in [5.41, 5.74) is -7.58. The van der Waals surface area contributed by atoms with Gasteiger partial charge in [0.25, 0.3) is 17.3 Å². The molecule has 440 valence electrons. The second-order valence-electron chi connectivity index (χ2n) is 21.4. The number of nitrogens with zero attached hydrogens (tertiary/aromatic N) is 2. The molecular formula is C60H58ClN3O20. The van der Waals surface area contributed by atoms with Gasteiger partial charge >= 0.3 is 29.5 Å². The van der Waals surface area contributed by atoms with E-state index in [1.54, 1.807) is 94.4 Å². The number of nitro groups is 2. The number of esters is 3. The largest absolute Gasteiger partial charge is 0.514 e. The van der Waals surface area contributed by atoms with Crippen molar-refractivity contribution in [3.63, 3.8) is 0 Å². The highest BCUT2D eigenvalue weighted by atomic mass is 35.5. The number of halogens is 1. The molecule has 3 fully saturated rings. The average molecular weight is 1180 g/mol. The van der Waals surface area contributed by atoms with E-state index in [9.17, 15) is 54.4 Å². The number of hydrogen-bond donors (Lipinski definition) is 3. The number of carbonyl (C=O) groups is 7. The molecule has 2 bridgehead atoms. The number of ketones is 1. The molecule has 23 nitrogen and oxygen atoms in total. The molecule has 1 saturated heterocycles. The second-order valence-corrected chi connectivity index (χ2v) is 21.7. The maximum Gasteiger partial charge on any atom is 0.514 e. The molecule has 2 unspecified atom stereocenters. The Bertz CT molecular complexity index is 3380. The first kappa shape index (κ1) is 61.2. The van der Waals surface area contributed by atoms with Gasteiger partial charge in [-0.25, -0.2) is 19.2 Å². The Labute approximate surface area is 485 Å². The minimum absolute atomic E-state index is 0.0747. The minimum atomic E-state index is -2.33. The predicted octanol–water partition coefficient (Wildman–Crippen LogP) is 8.90. The Morgan fingerprint density at radius 3 is 1.79 bits per heavy atom. The summed E-state index contributed by atoms with van der Waals surface area (Å²) in [6, 6.07) is 32.0. The summed E-state index contributed by atoms with van der Waals surface area (Å²) in [6.07, 6.45) is -9.87. The van der Waals surface area contributed by atoms with Gasteiger partial charge in [-0.2, -0.15) is 0 Å². The number of nitrogens with one attached hydrogen (secondary N) is 1. The number of aliphatic hydroxyl groups is 2. The molecule has 3 aliphatic carbocycles. The molecule has 84 heavy (non-hydrogen) atoms. The molecule has 1 amide bonds. The van der Waals surface area contributed by atoms with E-state index in [-0.39, 0.29) is 52.6 Å². The quantitative estimate of drug-likeness (QED) is 0.0178. The molecule has 0 aromatic heterocycles. The highest BCUT2D eigenvalue weighted by molar-refractivity contribution is 6.61. The molecule has 0 radical (unpaired) electrons. The highest BCUT2D eigenvalue weighted by Gasteiger charge is 2.77. The van der Waals surface area contributed by atoms with Crippen molar-refractivity contribution in [1.29, 1.82) is 0 Å². The fraction of sp³-hybridized carbons (Fsp3) is 0.350. The van der Waals surface area contributed by atoms with Crippen LogP contribution in [0.5, 0.6) is 11.5 Å². The van der Waals surface area contributed by atoms with Crippen LogP contribution < -0.4 is 14.8 Å². The number of non-ortho nitro benzene ring substituents is 2. The van der Waals surface area contributed by atoms with Gasteiger partial charge in [0.15, 0.2) is 5.60 Å². The van der Waals surface area contributed by atoms with Crippen molar-refractivity contribution >= 4 is 64.2 Å². The van der Waals surface area contributed by atoms with Crippen LogP contribution >= 0.6 is 11.6 Å². The number of ether oxygens (including phenoxy) is 7. The number of aliphatic hydroxyl groups excluding tert-OH is 1. The highest BCUT2D eigenvalue weighted by Crippen LogP contribution is 2.65. The molecule has 4 aliphatic rings. The number of fused-ring (bicyclic) bond motifs is 5. The van der Waals surface area contributed by atoms with Crippen LogP contribution in [0.25, 0.3) is 0 Å². The van der Waals surface area contributed by atoms with Gasteiger partial charge in [-0.1, -0.05) is 87.5 Å². The van der Waals surface area contributed by atoms with E-state index in [1.807, 2.05) is 0 Å². The SMILES string of the molecule is CC(=O)O[C@@]12CO[C@@H]1C[C@H](O)[C@@]1(C)C(=O)C(C)C3=C(C)[C@@H](OC(=O)[C@H](OC(=O)Oc4ccc([N+](=O)[O-])cc4)[C@@H](NC(=O)c4ccccc4)c4ccccc4)C[C@@](O)([C@@H](OC(=O)c4ccccc4)C12)C3(C)C.O=C(Cl)Oc1ccc([N+](=O)[O-])cc1. The molecule has 5 aromatic rings. The third-order valence-electron chi connectivity index (χ3n) is 16.2. The zero-order chi connectivity index (χ0) is 61.1. The van der Waals surface area contributed by atoms with Gasteiger partial charge in [-0.15, -0.1) is 0 Å². The van der Waals surface area contributed by atoms with Crippen molar-refractivity contribution in [1.82, 2.24) is 5.32 Å². The van der Waals surface area contributed by atoms with Crippen LogP contribution in [0.3, 0.4) is 0 Å². The average Bonchev–Trinajstić information content (AvgIpc) is 0.694. The second kappa shape index (κ2) is 24.5. The first-order valence-electron chi connectivity index (χ1n) is 26.3. The van der Waals surface area contributed by atoms with Gasteiger partial charge in [0.1, 0.15) is 47.2 Å². The standard InChI is InChI=1S/C53H54N2O16.C7H4ClNO4/c1-29-37(68-48(61)42(69-49(62)67-36-24-22-35(23-25-36)55(64)65)41(32-16-10-7-11-17-32)54-46(59)33-18-12-8-13-19-33)27-53(63)45(70-47(60)34-20-14-9-15-21-34)43-51(6,44(58)30(2)40(29)50(53,4)5)38(57)26-39-52(43,28-66-39)71-31(3)56;8-7(10)13-6-3-1-5(2-4-6)9(11)12/h7-25,30,37-39,41-43,45,57,63H,26-28H2,1-6H3,(H,54,59);1-4H/t30?,37-,38-,39+,41-,42+,43?,45-,51+,52-,53+;/m0./s1. The summed E-state index contributed by atoms with van der Waals surface area (Å²) in [7, 11) is 0. The number of benzene rings is 5. The number of Topliss-reactive ketones (excluding diaryl/α,β-unsaturated/α-hetero) is 1. The zero-order valence-electron chi connectivity index (χ0n) is 46.0. The van der Waals surface area contributed by atoms with Crippen molar-refractivity contribution in [2.45, 2.75) is 102 Å². The summed E-state index contributed by atoms with van der Waals surface area (Å²) in [6.45, 7) is 8.96. The van der Waals surface area contributed by atoms with E-state index in [2.05, 4.69) is 10.1 Å². The molecule has 1 heterocycles. The van der Waals surface area contributed by atoms with Crippen molar-refractivity contribution < 1.29 is 86.8 Å². The van der Waals surface area contributed by atoms with Crippen molar-refractivity contribution in [2.75, 3.05) is 6.61 Å². The van der Waals surface area contributed by atoms with Crippen LogP contribution in [0.4, 0.5) is 21.0 Å². The molecule has 3 N–H and O–H groups in total. The lowest BCUT2D eigenvalue weighted by atomic mass is 9.43. The molecular weight excluding hydrogens is 1120 g/mol. The van der Waals surface area contributed by atoms with Gasteiger partial charge in [-0.3, -0.25) is 34.6 Å². The summed E-state index contributed by atoms with van der Waals surface area (Å²) < 4.78 is 40.5. The topological polar surface area (TPSA) is 323 Å². The molecule has 24 heteroatoms. The summed E-state index contributed by atoms with van der Waals surface area (Å²) in [5.74, 6) is -6.72. The normalized spacial score (nSPS) is 26.1. The van der Waals surface area contributed by atoms with Crippen LogP contribution in [0.1, 0.15) is 86.7 Å². The monoisotopic (exact) mass is 1180 g/mol. The Kier molecular flexibility index (Phi) is 17.9. The maximum atomic E-state index is 15.5. The van der Waals surface area contributed by atoms with Gasteiger partial charge in [0.05, 0.1) is 39.5 Å². The minimum Gasteiger partial charge on any atom is -0.455 e. The number of hydrogen-bond acceptors (Lipinski definition) is 20. The van der Waals surface area contributed by atoms with E-state index < -0.39 is 128 Å². The van der Waals surface area contributed by atoms with Crippen molar-refractivity contribution in [3.05, 3.63) is 188 Å². The Morgan fingerprint density at radius 1 is 0.762 bits per heavy atom. The third-order valence-corrected chi connectivity index (χ3v) is 16.3. The first-order chi connectivity index (χ1) is 39.7. The van der Waals surface area contributed by atoms with Crippen LogP contribution in [0, 0.1) is 42.9 Å². The number of nitro benzene ring substituents is 2. The predicted molar refractivity (Wildman–Crippen MR) is 294 cm³/mol. The molecule has 1 aliphatic heterocycles. The smallest absolute Gasteiger partial charge is 0.455 e. The van der Waals surface area contributed by atoms with Crippen LogP contribution in [-0.4, -0.2) is 110 Å². The lowest BCUT2D eigenvalue weighted by Gasteiger charge is -2.67. The maximum absolute atomic E-state index is 15.5. The van der Waals surface area contributed by atoms with Crippen molar-refractivity contribution in [2.24, 2.45) is 22.7 Å². The lowest BCUT2D eigenvalue weighted by Crippen LogP contribution is -2.81. The molecule has 0 spiro atoms. The van der Waals surface area contributed by atoms with E-state index in [0.717, 1.165) is 24.3 Å². The van der Waals surface area contributed by atoms with Gasteiger partial charge in [0.2, 0.25) is 6.10 Å². The number of carbonyl (C=O) groups excluding carboxylic acids is 7. The molecule has 5 aromatic carbocycles. The Morgan fingerprint density at radius 2 is 1.29 bits per heavy atom. The molecule has 9 rings (SSSR count). The zero-order valence-corrected chi connectivity index (χ0v) is 46.8. The van der Waals surface area contributed by atoms with E-state index >= 15 is 9.59 Å². The molecule has 11 atom stereocenters. The van der Waals surface area contributed by atoms with Gasteiger partial charge < -0.3 is 48.7 Å². The summed E-state index contributed by atoms with van der Waals surface area (Å²) >= 11 is 4.92. The number of rotatable bonds is 14. The van der Waals surface area contributed by atoms with E-state index in [4.69, 9.17) is 40.0 Å². The van der Waals surface area contributed by atoms with Gasteiger partial charge in [0, 0.05) is 72.5 Å². The lowest BCUT2D eigenvalue weighted by molar-refractivity contribution is -0.385. The Hall–Kier alpha value is -8.90. The third kappa shape index (κ3) is 12.0. The fourth-order valence-electron chi connectivity index (χ4n) is 12.1. The van der Waals surface area contributed by atoms with Crippen LogP contribution in [0.2, 0.25) is 0 Å². The fourth-order valence-corrected chi connectivity index (χ4v) is 12.2. The van der Waals surface area contributed by atoms with Crippen LogP contribution in [0.15, 0.2) is 151 Å². The summed E-state index contributed by atoms with van der Waals surface area (Å²) in [5, 5.41) is 50.3. The first-order valence-corrected chi connectivity index (χ1v) is 26.7. The van der Waals surface area contributed by atoms with E-state index in [1.165, 1.54) is 62.4 Å². The Balaban J connectivity index is 0.000000625. The van der Waals surface area contributed by atoms with Crippen LogP contribution in [-0.2, 0) is 38.1 Å². The summed E-state index contributed by atoms with van der Waals surface area (Å²) in [4.78, 5) is 116. The van der Waals surface area contributed by atoms with Gasteiger partial charge in [-0.05, 0) is 79.1 Å². The molecule has 2 saturated carbocycles.